The van der Waals surface area contributed by atoms with Crippen LogP contribution in [0.1, 0.15) is 12.8 Å². The van der Waals surface area contributed by atoms with Crippen LogP contribution >= 0.6 is 0 Å². The predicted molar refractivity (Wildman–Crippen MR) is 323 cm³/mol. The standard InChI is InChI=1S/C72H58N4/c1-7-19-61(20-8-1)73(62-21-9-2-10-22-62)67-43-31-55(32-44-67)57-35-47-69(48-36-57)75(65-27-15-5-16-28-65)71-51-39-59(40-52-71)60-41-53-72(54-42-60)76(66-29-17-6-18-30-66)70-49-37-58(38-50-70)56-33-45-68(46-34-56)74(63-23-11-3-12-24-63)64-25-13-4-14-26-64/h1-25,27-29,31-54,64,66H,26,30H2. The van der Waals surface area contributed by atoms with Crippen molar-refractivity contribution in [2.24, 2.45) is 0 Å². The molecule has 76 heavy (non-hydrogen) atoms. The third kappa shape index (κ3) is 10.3. The fraction of sp³-hybridized carbons (Fsp3) is 0.0556. The van der Waals surface area contributed by atoms with Crippen LogP contribution < -0.4 is 19.6 Å². The van der Waals surface area contributed by atoms with Gasteiger partial charge in [-0.2, -0.15) is 0 Å². The first kappa shape index (κ1) is 47.4. The van der Waals surface area contributed by atoms with E-state index < -0.39 is 0 Å². The zero-order chi connectivity index (χ0) is 50.9. The van der Waals surface area contributed by atoms with E-state index in [1.165, 1.54) is 39.2 Å². The second-order valence-electron chi connectivity index (χ2n) is 19.3. The van der Waals surface area contributed by atoms with E-state index >= 15 is 0 Å². The molecule has 2 unspecified atom stereocenters. The van der Waals surface area contributed by atoms with Gasteiger partial charge in [0.05, 0.1) is 12.1 Å². The molecule has 0 aromatic heterocycles. The van der Waals surface area contributed by atoms with Crippen LogP contribution in [0, 0.1) is 0 Å². The topological polar surface area (TPSA) is 13.0 Å². The second-order valence-corrected chi connectivity index (χ2v) is 19.3. The first-order chi connectivity index (χ1) is 37.7. The monoisotopic (exact) mass is 978 g/mol. The van der Waals surface area contributed by atoms with Crippen molar-refractivity contribution in [3.05, 3.63) is 316 Å². The largest absolute Gasteiger partial charge is 0.334 e. The van der Waals surface area contributed by atoms with Gasteiger partial charge in [-0.25, -0.2) is 0 Å². The summed E-state index contributed by atoms with van der Waals surface area (Å²) in [5, 5.41) is 0. The van der Waals surface area contributed by atoms with Gasteiger partial charge in [0.15, 0.2) is 0 Å². The van der Waals surface area contributed by atoms with Crippen molar-refractivity contribution < 1.29 is 0 Å². The molecule has 4 heteroatoms. The summed E-state index contributed by atoms with van der Waals surface area (Å²) in [6, 6.07) is 96.8. The van der Waals surface area contributed by atoms with Crippen LogP contribution in [0.25, 0.3) is 33.4 Å². The van der Waals surface area contributed by atoms with E-state index in [-0.39, 0.29) is 12.1 Å². The number of allylic oxidation sites excluding steroid dienone is 4. The highest BCUT2D eigenvalue weighted by Gasteiger charge is 2.22. The lowest BCUT2D eigenvalue weighted by molar-refractivity contribution is 0.785. The highest BCUT2D eigenvalue weighted by Crippen LogP contribution is 2.40. The molecule has 366 valence electrons. The van der Waals surface area contributed by atoms with Crippen molar-refractivity contribution in [2.45, 2.75) is 24.9 Å². The Morgan fingerprint density at radius 2 is 0.421 bits per heavy atom. The van der Waals surface area contributed by atoms with Gasteiger partial charge in [0.1, 0.15) is 0 Å². The van der Waals surface area contributed by atoms with Crippen molar-refractivity contribution in [3.63, 3.8) is 0 Å². The van der Waals surface area contributed by atoms with Gasteiger partial charge in [0.25, 0.3) is 0 Å². The van der Waals surface area contributed by atoms with Crippen LogP contribution in [-0.2, 0) is 0 Å². The molecule has 12 rings (SSSR count). The second kappa shape index (κ2) is 22.2. The molecule has 0 saturated heterocycles. The Balaban J connectivity index is 0.766. The molecule has 0 fully saturated rings. The molecule has 0 aliphatic heterocycles. The Hall–Kier alpha value is -9.64. The van der Waals surface area contributed by atoms with Crippen LogP contribution in [0.2, 0.25) is 0 Å². The van der Waals surface area contributed by atoms with Crippen LogP contribution in [0.5, 0.6) is 0 Å². The van der Waals surface area contributed by atoms with E-state index in [2.05, 4.69) is 335 Å². The maximum atomic E-state index is 2.47. The minimum atomic E-state index is 0.197. The SMILES string of the molecule is C1=CCC(N(c2ccccc2)c2ccc(-c3ccc(N(c4ccc(-c5ccc(N(c6ccccc6)c6ccc(-c7ccc(N(c8ccccc8)c8ccccc8)cc7)cc6)cc5)cc4)C4C=CC=CC4)cc3)cc2)C=C1. The first-order valence-electron chi connectivity index (χ1n) is 26.4. The molecule has 2 atom stereocenters. The maximum absolute atomic E-state index is 2.47. The highest BCUT2D eigenvalue weighted by atomic mass is 15.2. The van der Waals surface area contributed by atoms with Gasteiger partial charge in [-0.3, -0.25) is 0 Å². The van der Waals surface area contributed by atoms with Gasteiger partial charge in [-0.1, -0.05) is 194 Å². The molecule has 0 spiro atoms. The molecule has 4 nitrogen and oxygen atoms in total. The van der Waals surface area contributed by atoms with Crippen LogP contribution in [0.3, 0.4) is 0 Å². The fourth-order valence-electron chi connectivity index (χ4n) is 10.6. The Morgan fingerprint density at radius 1 is 0.211 bits per heavy atom. The average molecular weight is 979 g/mol. The summed E-state index contributed by atoms with van der Waals surface area (Å²) in [4.78, 5) is 9.52. The Labute approximate surface area is 448 Å². The molecular formula is C72H58N4. The van der Waals surface area contributed by atoms with E-state index in [0.717, 1.165) is 63.9 Å². The fourth-order valence-corrected chi connectivity index (χ4v) is 10.6. The average Bonchev–Trinajstić information content (AvgIpc) is 3.51. The quantitative estimate of drug-likeness (QED) is 0.101. The highest BCUT2D eigenvalue weighted by molar-refractivity contribution is 5.82. The van der Waals surface area contributed by atoms with Gasteiger partial charge in [-0.15, -0.1) is 0 Å². The molecular weight excluding hydrogens is 921 g/mol. The zero-order valence-electron chi connectivity index (χ0n) is 42.4. The number of nitrogens with zero attached hydrogens (tertiary/aromatic N) is 4. The molecule has 0 heterocycles. The molecule has 2 aliphatic carbocycles. The molecule has 10 aromatic rings. The number of rotatable bonds is 15. The molecule has 0 amide bonds. The number of anilines is 10. The third-order valence-corrected chi connectivity index (χ3v) is 14.5. The van der Waals surface area contributed by atoms with Gasteiger partial charge in [0, 0.05) is 56.9 Å². The first-order valence-corrected chi connectivity index (χ1v) is 26.4. The summed E-state index contributed by atoms with van der Waals surface area (Å²) < 4.78 is 0. The van der Waals surface area contributed by atoms with Crippen molar-refractivity contribution in [1.82, 2.24) is 0 Å². The lowest BCUT2D eigenvalue weighted by atomic mass is 10.00. The Kier molecular flexibility index (Phi) is 13.9. The number of hydrogen-bond acceptors (Lipinski definition) is 4. The summed E-state index contributed by atoms with van der Waals surface area (Å²) in [5.74, 6) is 0. The van der Waals surface area contributed by atoms with E-state index in [1.54, 1.807) is 0 Å². The summed E-state index contributed by atoms with van der Waals surface area (Å²) >= 11 is 0. The summed E-state index contributed by atoms with van der Waals surface area (Å²) in [5.41, 5.74) is 18.4. The lowest BCUT2D eigenvalue weighted by Crippen LogP contribution is -2.29. The third-order valence-electron chi connectivity index (χ3n) is 14.5. The van der Waals surface area contributed by atoms with Crippen molar-refractivity contribution >= 4 is 56.9 Å². The minimum Gasteiger partial charge on any atom is -0.334 e. The number of para-hydroxylation sites is 4. The smallest absolute Gasteiger partial charge is 0.0559 e. The number of hydrogen-bond donors (Lipinski definition) is 0. The molecule has 2 aliphatic rings. The maximum Gasteiger partial charge on any atom is 0.0559 e. The lowest BCUT2D eigenvalue weighted by Gasteiger charge is -2.33. The minimum absolute atomic E-state index is 0.197. The normalized spacial score (nSPS) is 14.5. The Morgan fingerprint density at radius 3 is 0.658 bits per heavy atom. The summed E-state index contributed by atoms with van der Waals surface area (Å²) in [6.07, 6.45) is 19.6. The van der Waals surface area contributed by atoms with Gasteiger partial charge < -0.3 is 19.6 Å². The molecule has 0 bridgehead atoms. The van der Waals surface area contributed by atoms with Crippen LogP contribution in [-0.4, -0.2) is 12.1 Å². The predicted octanol–water partition coefficient (Wildman–Crippen LogP) is 19.7. The molecule has 0 radical (unpaired) electrons. The van der Waals surface area contributed by atoms with Crippen LogP contribution in [0.4, 0.5) is 56.9 Å². The molecule has 0 saturated carbocycles. The van der Waals surface area contributed by atoms with Crippen molar-refractivity contribution in [2.75, 3.05) is 19.6 Å². The summed E-state index contributed by atoms with van der Waals surface area (Å²) in [7, 11) is 0. The molecule has 10 aromatic carbocycles. The van der Waals surface area contributed by atoms with E-state index in [9.17, 15) is 0 Å². The van der Waals surface area contributed by atoms with Crippen molar-refractivity contribution in [1.29, 1.82) is 0 Å². The Bertz CT molecular complexity index is 3550. The van der Waals surface area contributed by atoms with E-state index in [0.29, 0.717) is 0 Å². The van der Waals surface area contributed by atoms with Gasteiger partial charge in [0.2, 0.25) is 0 Å². The van der Waals surface area contributed by atoms with E-state index in [1.807, 2.05) is 0 Å². The van der Waals surface area contributed by atoms with Gasteiger partial charge in [-0.05, 0) is 168 Å². The number of benzene rings is 10. The van der Waals surface area contributed by atoms with Crippen molar-refractivity contribution in [3.8, 4) is 33.4 Å². The van der Waals surface area contributed by atoms with Gasteiger partial charge >= 0.3 is 0 Å². The van der Waals surface area contributed by atoms with E-state index in [4.69, 9.17) is 0 Å². The zero-order valence-corrected chi connectivity index (χ0v) is 42.4. The molecule has 0 N–H and O–H groups in total. The van der Waals surface area contributed by atoms with Crippen LogP contribution in [0.15, 0.2) is 316 Å². The summed E-state index contributed by atoms with van der Waals surface area (Å²) in [6.45, 7) is 0.